The number of aromatic amines is 1. The van der Waals surface area contributed by atoms with Crippen molar-refractivity contribution in [3.8, 4) is 28.1 Å². The molecular weight excluding hydrogens is 528 g/mol. The van der Waals surface area contributed by atoms with E-state index in [4.69, 9.17) is 10.5 Å². The van der Waals surface area contributed by atoms with Crippen molar-refractivity contribution in [3.63, 3.8) is 0 Å². The number of nitrogens with one attached hydrogen (secondary N) is 2. The number of hydrogen-bond donors (Lipinski definition) is 3. The Kier molecular flexibility index (Phi) is 6.83. The van der Waals surface area contributed by atoms with Crippen LogP contribution >= 0.6 is 11.3 Å². The molecule has 39 heavy (non-hydrogen) atoms. The minimum Gasteiger partial charge on any atom is -0.497 e. The number of carbonyl (C=O) groups is 2. The molecule has 2 amide bonds. The Hall–Kier alpha value is -4.65. The van der Waals surface area contributed by atoms with Gasteiger partial charge in [0.2, 0.25) is 0 Å². The van der Waals surface area contributed by atoms with Gasteiger partial charge >= 0.3 is 0 Å². The number of benzene rings is 1. The molecule has 0 saturated heterocycles. The van der Waals surface area contributed by atoms with Crippen LogP contribution in [0.2, 0.25) is 0 Å². The average Bonchev–Trinajstić information content (AvgIpc) is 3.65. The lowest BCUT2D eigenvalue weighted by Gasteiger charge is -2.10. The van der Waals surface area contributed by atoms with Crippen molar-refractivity contribution in [2.24, 2.45) is 5.73 Å². The summed E-state index contributed by atoms with van der Waals surface area (Å²) in [5.74, 6) is -0.758. The van der Waals surface area contributed by atoms with E-state index in [0.29, 0.717) is 34.5 Å². The third-order valence-corrected chi connectivity index (χ3v) is 7.37. The van der Waals surface area contributed by atoms with Crippen molar-refractivity contribution >= 4 is 39.1 Å². The molecule has 4 N–H and O–H groups in total. The number of fused-ring (bicyclic) bond motifs is 1. The van der Waals surface area contributed by atoms with Crippen molar-refractivity contribution < 1.29 is 23.1 Å². The standard InChI is InChI=1S/C26H23F2N7O3S/c1-4-35-12(2)16(11-30-35)15-9-18(23(27)28)31-26-20(15)21(22(39-26)24(29)36)32-25(37)19-10-17(33-34-19)13-5-7-14(38-3)8-6-13/h5-11,23H,4H2,1-3H3,(H2,29,36)(H,32,37)(H,33,34). The average molecular weight is 552 g/mol. The molecule has 1 aromatic carbocycles. The van der Waals surface area contributed by atoms with Gasteiger partial charge in [-0.1, -0.05) is 0 Å². The first-order chi connectivity index (χ1) is 18.7. The van der Waals surface area contributed by atoms with Gasteiger partial charge in [-0.3, -0.25) is 19.4 Å². The number of rotatable bonds is 8. The third kappa shape index (κ3) is 4.72. The molecule has 0 aliphatic heterocycles. The molecule has 0 aliphatic rings. The Bertz CT molecular complexity index is 1710. The Labute approximate surface area is 224 Å². The second kappa shape index (κ2) is 10.3. The fourth-order valence-electron chi connectivity index (χ4n) is 4.29. The van der Waals surface area contributed by atoms with Gasteiger partial charge < -0.3 is 15.8 Å². The van der Waals surface area contributed by atoms with Crippen LogP contribution in [0, 0.1) is 6.92 Å². The molecule has 0 saturated carbocycles. The van der Waals surface area contributed by atoms with Crippen LogP contribution in [0.1, 0.15) is 44.9 Å². The van der Waals surface area contributed by atoms with E-state index in [2.05, 4.69) is 25.6 Å². The summed E-state index contributed by atoms with van der Waals surface area (Å²) in [6.07, 6.45) is -1.29. The van der Waals surface area contributed by atoms with E-state index in [1.54, 1.807) is 48.3 Å². The van der Waals surface area contributed by atoms with Gasteiger partial charge in [0.1, 0.15) is 26.8 Å². The maximum Gasteiger partial charge on any atom is 0.280 e. The van der Waals surface area contributed by atoms with E-state index in [9.17, 15) is 18.4 Å². The maximum absolute atomic E-state index is 13.8. The quantitative estimate of drug-likeness (QED) is 0.243. The van der Waals surface area contributed by atoms with E-state index in [1.165, 1.54) is 6.07 Å². The molecule has 200 valence electrons. The lowest BCUT2D eigenvalue weighted by Crippen LogP contribution is -2.17. The third-order valence-electron chi connectivity index (χ3n) is 6.27. The Morgan fingerprint density at radius 1 is 1.21 bits per heavy atom. The normalized spacial score (nSPS) is 11.3. The zero-order chi connectivity index (χ0) is 27.8. The van der Waals surface area contributed by atoms with E-state index in [-0.39, 0.29) is 21.1 Å². The molecule has 0 unspecified atom stereocenters. The first kappa shape index (κ1) is 26.0. The monoisotopic (exact) mass is 551 g/mol. The second-order valence-corrected chi connectivity index (χ2v) is 9.55. The van der Waals surface area contributed by atoms with Crippen molar-refractivity contribution in [1.82, 2.24) is 25.0 Å². The number of methoxy groups -OCH3 is 1. The molecule has 13 heteroatoms. The van der Waals surface area contributed by atoms with Gasteiger partial charge in [0.05, 0.1) is 24.7 Å². The molecular formula is C26H23F2N7O3S. The van der Waals surface area contributed by atoms with Crippen LogP contribution in [0.4, 0.5) is 14.5 Å². The number of pyridine rings is 1. The smallest absolute Gasteiger partial charge is 0.280 e. The molecule has 0 radical (unpaired) electrons. The summed E-state index contributed by atoms with van der Waals surface area (Å²) in [5.41, 5.74) is 8.29. The Morgan fingerprint density at radius 2 is 1.95 bits per heavy atom. The highest BCUT2D eigenvalue weighted by molar-refractivity contribution is 7.21. The van der Waals surface area contributed by atoms with Gasteiger partial charge in [-0.2, -0.15) is 10.2 Å². The van der Waals surface area contributed by atoms with Crippen LogP contribution in [0.3, 0.4) is 0 Å². The van der Waals surface area contributed by atoms with Gasteiger partial charge in [0.15, 0.2) is 0 Å². The van der Waals surface area contributed by atoms with E-state index >= 15 is 0 Å². The van der Waals surface area contributed by atoms with Crippen LogP contribution in [-0.2, 0) is 6.54 Å². The summed E-state index contributed by atoms with van der Waals surface area (Å²) in [6, 6.07) is 9.94. The predicted octanol–water partition coefficient (Wildman–Crippen LogP) is 5.18. The second-order valence-electron chi connectivity index (χ2n) is 8.55. The minimum absolute atomic E-state index is 0.0195. The summed E-state index contributed by atoms with van der Waals surface area (Å²) in [6.45, 7) is 4.28. The number of aromatic nitrogens is 5. The zero-order valence-corrected chi connectivity index (χ0v) is 21.9. The lowest BCUT2D eigenvalue weighted by molar-refractivity contribution is 0.100. The molecule has 5 aromatic rings. The molecule has 0 fully saturated rings. The number of ether oxygens (including phenoxy) is 1. The van der Waals surface area contributed by atoms with Gasteiger partial charge in [-0.25, -0.2) is 13.8 Å². The Morgan fingerprint density at radius 3 is 2.56 bits per heavy atom. The van der Waals surface area contributed by atoms with Crippen LogP contribution in [0.5, 0.6) is 5.75 Å². The van der Waals surface area contributed by atoms with E-state index in [0.717, 1.165) is 22.6 Å². The van der Waals surface area contributed by atoms with E-state index in [1.807, 2.05) is 13.8 Å². The lowest BCUT2D eigenvalue weighted by atomic mass is 10.0. The van der Waals surface area contributed by atoms with Crippen molar-refractivity contribution in [1.29, 1.82) is 0 Å². The summed E-state index contributed by atoms with van der Waals surface area (Å²) in [5, 5.41) is 14.3. The van der Waals surface area contributed by atoms with Crippen molar-refractivity contribution in [3.05, 3.63) is 64.6 Å². The fraction of sp³-hybridized carbons (Fsp3) is 0.192. The molecule has 4 heterocycles. The van der Waals surface area contributed by atoms with Crippen LogP contribution in [-0.4, -0.2) is 43.9 Å². The molecule has 0 bridgehead atoms. The predicted molar refractivity (Wildman–Crippen MR) is 143 cm³/mol. The van der Waals surface area contributed by atoms with Crippen molar-refractivity contribution in [2.45, 2.75) is 26.8 Å². The molecule has 5 rings (SSSR count). The summed E-state index contributed by atoms with van der Waals surface area (Å²) < 4.78 is 34.5. The zero-order valence-electron chi connectivity index (χ0n) is 21.1. The molecule has 0 aliphatic carbocycles. The summed E-state index contributed by atoms with van der Waals surface area (Å²) in [4.78, 5) is 29.9. The van der Waals surface area contributed by atoms with Crippen LogP contribution in [0.15, 0.2) is 42.6 Å². The minimum atomic E-state index is -2.85. The highest BCUT2D eigenvalue weighted by Gasteiger charge is 2.27. The molecule has 0 atom stereocenters. The number of amides is 2. The van der Waals surface area contributed by atoms with Gasteiger partial charge in [-0.05, 0) is 55.8 Å². The Balaban J connectivity index is 1.61. The fourth-order valence-corrected chi connectivity index (χ4v) is 5.31. The number of primary amides is 1. The number of alkyl halides is 2. The number of nitrogens with two attached hydrogens (primary N) is 1. The number of hydrogen-bond acceptors (Lipinski definition) is 7. The van der Waals surface area contributed by atoms with Gasteiger partial charge in [0.25, 0.3) is 18.2 Å². The molecule has 4 aromatic heterocycles. The summed E-state index contributed by atoms with van der Waals surface area (Å²) >= 11 is 0.835. The van der Waals surface area contributed by atoms with Gasteiger partial charge in [-0.15, -0.1) is 11.3 Å². The molecule has 0 spiro atoms. The SMILES string of the molecule is CCn1ncc(-c2cc(C(F)F)nc3sc(C(N)=O)c(NC(=O)c4cc(-c5ccc(OC)cc5)n[nH]4)c23)c1C. The first-order valence-corrected chi connectivity index (χ1v) is 12.6. The number of thiophene rings is 1. The number of H-pyrrole nitrogens is 1. The number of halogens is 2. The molecule has 10 nitrogen and oxygen atoms in total. The number of nitrogens with zero attached hydrogens (tertiary/aromatic N) is 4. The number of anilines is 1. The summed E-state index contributed by atoms with van der Waals surface area (Å²) in [7, 11) is 1.56. The highest BCUT2D eigenvalue weighted by atomic mass is 32.1. The first-order valence-electron chi connectivity index (χ1n) is 11.8. The van der Waals surface area contributed by atoms with E-state index < -0.39 is 23.9 Å². The van der Waals surface area contributed by atoms with Crippen LogP contribution in [0.25, 0.3) is 32.6 Å². The van der Waals surface area contributed by atoms with Crippen molar-refractivity contribution in [2.75, 3.05) is 12.4 Å². The maximum atomic E-state index is 13.8. The number of carbonyl (C=O) groups excluding carboxylic acids is 2. The number of aryl methyl sites for hydroxylation is 1. The van der Waals surface area contributed by atoms with Crippen LogP contribution < -0.4 is 15.8 Å². The van der Waals surface area contributed by atoms with Gasteiger partial charge in [0, 0.05) is 28.8 Å². The topological polar surface area (TPSA) is 141 Å². The highest BCUT2D eigenvalue weighted by Crippen LogP contribution is 2.43. The largest absolute Gasteiger partial charge is 0.497 e.